The molecule has 2 rings (SSSR count). The van der Waals surface area contributed by atoms with Crippen molar-refractivity contribution in [2.45, 2.75) is 52.6 Å². The Morgan fingerprint density at radius 2 is 2.22 bits per heavy atom. The third-order valence-electron chi connectivity index (χ3n) is 3.14. The quantitative estimate of drug-likeness (QED) is 0.806. The van der Waals surface area contributed by atoms with E-state index in [4.69, 9.17) is 4.74 Å². The van der Waals surface area contributed by atoms with Crippen molar-refractivity contribution in [1.29, 1.82) is 0 Å². The summed E-state index contributed by atoms with van der Waals surface area (Å²) in [4.78, 5) is 8.66. The molecule has 0 aromatic carbocycles. The van der Waals surface area contributed by atoms with Crippen LogP contribution in [0.3, 0.4) is 0 Å². The van der Waals surface area contributed by atoms with Gasteiger partial charge in [-0.1, -0.05) is 13.8 Å². The van der Waals surface area contributed by atoms with Gasteiger partial charge in [0.25, 0.3) is 0 Å². The van der Waals surface area contributed by atoms with Crippen LogP contribution in [0.5, 0.6) is 6.01 Å². The van der Waals surface area contributed by atoms with Crippen molar-refractivity contribution in [2.75, 3.05) is 6.61 Å². The van der Waals surface area contributed by atoms with Gasteiger partial charge in [0.1, 0.15) is 0 Å². The summed E-state index contributed by atoms with van der Waals surface area (Å²) >= 11 is 0. The van der Waals surface area contributed by atoms with Crippen molar-refractivity contribution in [3.05, 3.63) is 17.5 Å². The van der Waals surface area contributed by atoms with Gasteiger partial charge in [0.05, 0.1) is 6.61 Å². The van der Waals surface area contributed by atoms with Crippen LogP contribution in [0.25, 0.3) is 0 Å². The lowest BCUT2D eigenvalue weighted by atomic mass is 10.1. The first-order chi connectivity index (χ1) is 8.65. The largest absolute Gasteiger partial charge is 0.463 e. The maximum Gasteiger partial charge on any atom is 0.316 e. The smallest absolute Gasteiger partial charge is 0.316 e. The summed E-state index contributed by atoms with van der Waals surface area (Å²) in [5, 5.41) is 3.47. The Hall–Kier alpha value is -1.16. The highest BCUT2D eigenvalue weighted by molar-refractivity contribution is 5.17. The van der Waals surface area contributed by atoms with Crippen molar-refractivity contribution in [1.82, 2.24) is 15.3 Å². The number of ether oxygens (including phenoxy) is 1. The van der Waals surface area contributed by atoms with Gasteiger partial charge in [-0.25, -0.2) is 9.97 Å². The summed E-state index contributed by atoms with van der Waals surface area (Å²) in [6.07, 6.45) is 5.52. The normalized spacial score (nSPS) is 15.1. The average molecular weight is 249 g/mol. The van der Waals surface area contributed by atoms with E-state index in [9.17, 15) is 0 Å². The summed E-state index contributed by atoms with van der Waals surface area (Å²) in [6, 6.07) is 1.22. The van der Waals surface area contributed by atoms with Crippen molar-refractivity contribution in [2.24, 2.45) is 5.92 Å². The van der Waals surface area contributed by atoms with E-state index in [0.717, 1.165) is 24.2 Å². The van der Waals surface area contributed by atoms with Crippen LogP contribution in [0.2, 0.25) is 0 Å². The molecular formula is C14H23N3O. The Balaban J connectivity index is 1.83. The molecule has 1 aliphatic rings. The summed E-state index contributed by atoms with van der Waals surface area (Å²) in [5.74, 6) is 0.646. The Bertz CT molecular complexity index is 389. The first-order valence-corrected chi connectivity index (χ1v) is 6.84. The second-order valence-corrected chi connectivity index (χ2v) is 5.45. The van der Waals surface area contributed by atoms with Crippen LogP contribution in [-0.2, 0) is 6.54 Å². The molecule has 0 atom stereocenters. The lowest BCUT2D eigenvalue weighted by Gasteiger charge is -2.09. The highest BCUT2D eigenvalue weighted by Gasteiger charge is 2.20. The van der Waals surface area contributed by atoms with E-state index < -0.39 is 0 Å². The lowest BCUT2D eigenvalue weighted by Crippen LogP contribution is -2.17. The number of aromatic nitrogens is 2. The first-order valence-electron chi connectivity index (χ1n) is 6.84. The minimum atomic E-state index is 0.503. The van der Waals surface area contributed by atoms with E-state index in [-0.39, 0.29) is 0 Å². The highest BCUT2D eigenvalue weighted by Crippen LogP contribution is 2.19. The topological polar surface area (TPSA) is 47.0 Å². The molecule has 0 unspecified atom stereocenters. The number of nitrogens with one attached hydrogen (secondary N) is 1. The summed E-state index contributed by atoms with van der Waals surface area (Å²) in [5.41, 5.74) is 2.18. The number of aryl methyl sites for hydroxylation is 1. The fourth-order valence-corrected chi connectivity index (χ4v) is 1.64. The number of hydrogen-bond acceptors (Lipinski definition) is 4. The molecule has 1 aromatic rings. The molecule has 1 heterocycles. The monoisotopic (exact) mass is 249 g/mol. The zero-order chi connectivity index (χ0) is 13.0. The fourth-order valence-electron chi connectivity index (χ4n) is 1.64. The van der Waals surface area contributed by atoms with Crippen LogP contribution in [0.15, 0.2) is 6.20 Å². The maximum atomic E-state index is 5.55. The fraction of sp³-hybridized carbons (Fsp3) is 0.714. The molecule has 1 aliphatic carbocycles. The Morgan fingerprint density at radius 3 is 2.83 bits per heavy atom. The SMILES string of the molecule is Cc1nc(OCCC(C)C)ncc1CNC1CC1. The third-order valence-corrected chi connectivity index (χ3v) is 3.14. The summed E-state index contributed by atoms with van der Waals surface area (Å²) < 4.78 is 5.55. The molecule has 1 fully saturated rings. The van der Waals surface area contributed by atoms with Crippen LogP contribution in [-0.4, -0.2) is 22.6 Å². The number of rotatable bonds is 7. The molecule has 1 aromatic heterocycles. The van der Waals surface area contributed by atoms with Crippen LogP contribution >= 0.6 is 0 Å². The molecule has 0 bridgehead atoms. The van der Waals surface area contributed by atoms with Gasteiger partial charge >= 0.3 is 6.01 Å². The summed E-state index contributed by atoms with van der Waals surface area (Å²) in [6.45, 7) is 7.94. The van der Waals surface area contributed by atoms with Gasteiger partial charge in [-0.3, -0.25) is 0 Å². The van der Waals surface area contributed by atoms with Gasteiger partial charge in [0, 0.05) is 30.0 Å². The van der Waals surface area contributed by atoms with Crippen molar-refractivity contribution in [3.8, 4) is 6.01 Å². The van der Waals surface area contributed by atoms with Gasteiger partial charge in [-0.05, 0) is 32.1 Å². The van der Waals surface area contributed by atoms with E-state index in [1.807, 2.05) is 13.1 Å². The predicted octanol–water partition coefficient (Wildman–Crippen LogP) is 2.46. The van der Waals surface area contributed by atoms with Crippen LogP contribution in [0.4, 0.5) is 0 Å². The minimum absolute atomic E-state index is 0.503. The molecule has 18 heavy (non-hydrogen) atoms. The molecule has 0 spiro atoms. The van der Waals surface area contributed by atoms with E-state index in [2.05, 4.69) is 29.1 Å². The van der Waals surface area contributed by atoms with Gasteiger partial charge in [0.15, 0.2) is 0 Å². The van der Waals surface area contributed by atoms with Crippen molar-refractivity contribution >= 4 is 0 Å². The Morgan fingerprint density at radius 1 is 1.44 bits per heavy atom. The van der Waals surface area contributed by atoms with Crippen molar-refractivity contribution in [3.63, 3.8) is 0 Å². The Labute approximate surface area is 109 Å². The zero-order valence-electron chi connectivity index (χ0n) is 11.6. The van der Waals surface area contributed by atoms with Crippen LogP contribution < -0.4 is 10.1 Å². The molecule has 1 N–H and O–H groups in total. The van der Waals surface area contributed by atoms with Gasteiger partial charge in [-0.2, -0.15) is 0 Å². The molecule has 0 amide bonds. The van der Waals surface area contributed by atoms with Gasteiger partial charge in [-0.15, -0.1) is 0 Å². The van der Waals surface area contributed by atoms with Crippen molar-refractivity contribution < 1.29 is 4.74 Å². The van der Waals surface area contributed by atoms with E-state index in [1.165, 1.54) is 12.8 Å². The van der Waals surface area contributed by atoms with E-state index in [0.29, 0.717) is 24.6 Å². The molecule has 1 saturated carbocycles. The van der Waals surface area contributed by atoms with Gasteiger partial charge < -0.3 is 10.1 Å². The highest BCUT2D eigenvalue weighted by atomic mass is 16.5. The maximum absolute atomic E-state index is 5.55. The molecule has 0 aliphatic heterocycles. The molecule has 0 radical (unpaired) electrons. The molecule has 4 heteroatoms. The van der Waals surface area contributed by atoms with E-state index >= 15 is 0 Å². The van der Waals surface area contributed by atoms with Crippen LogP contribution in [0.1, 0.15) is 44.4 Å². The molecule has 100 valence electrons. The van der Waals surface area contributed by atoms with Crippen LogP contribution in [0, 0.1) is 12.8 Å². The predicted molar refractivity (Wildman–Crippen MR) is 71.6 cm³/mol. The standard InChI is InChI=1S/C14H23N3O/c1-10(2)6-7-18-14-16-9-12(11(3)17-14)8-15-13-4-5-13/h9-10,13,15H,4-8H2,1-3H3. The molecule has 0 saturated heterocycles. The zero-order valence-corrected chi connectivity index (χ0v) is 11.6. The third kappa shape index (κ3) is 4.26. The van der Waals surface area contributed by atoms with Gasteiger partial charge in [0.2, 0.25) is 0 Å². The molecule has 4 nitrogen and oxygen atoms in total. The molecular weight excluding hydrogens is 226 g/mol. The number of nitrogens with zero attached hydrogens (tertiary/aromatic N) is 2. The lowest BCUT2D eigenvalue weighted by molar-refractivity contribution is 0.267. The second kappa shape index (κ2) is 6.14. The summed E-state index contributed by atoms with van der Waals surface area (Å²) in [7, 11) is 0. The first kappa shape index (κ1) is 13.3. The second-order valence-electron chi connectivity index (χ2n) is 5.45. The minimum Gasteiger partial charge on any atom is -0.463 e. The van der Waals surface area contributed by atoms with E-state index in [1.54, 1.807) is 0 Å². The Kier molecular flexibility index (Phi) is 4.53. The number of hydrogen-bond donors (Lipinski definition) is 1. The average Bonchev–Trinajstić information content (AvgIpc) is 3.11.